The van der Waals surface area contributed by atoms with E-state index in [1.165, 1.54) is 0 Å². The molecule has 0 aliphatic rings. The van der Waals surface area contributed by atoms with Crippen molar-refractivity contribution in [3.63, 3.8) is 0 Å². The lowest BCUT2D eigenvalue weighted by Crippen LogP contribution is -2.24. The number of aldehydes is 1. The third-order valence-corrected chi connectivity index (χ3v) is 1.89. The van der Waals surface area contributed by atoms with E-state index in [2.05, 4.69) is 17.6 Å². The van der Waals surface area contributed by atoms with Crippen LogP contribution in [0.15, 0.2) is 0 Å². The molecular formula is C10H20N2O2. The molecule has 0 atom stereocenters. The molecule has 0 unspecified atom stereocenters. The van der Waals surface area contributed by atoms with Crippen LogP contribution in [0.2, 0.25) is 0 Å². The second kappa shape index (κ2) is 10.2. The Morgan fingerprint density at radius 1 is 1.29 bits per heavy atom. The SMILES string of the molecule is CCNCCCCCC(=O)NCC=O. The summed E-state index contributed by atoms with van der Waals surface area (Å²) >= 11 is 0. The molecule has 0 bridgehead atoms. The molecule has 0 heterocycles. The first-order valence-electron chi connectivity index (χ1n) is 5.22. The van der Waals surface area contributed by atoms with Crippen molar-refractivity contribution in [3.05, 3.63) is 0 Å². The number of amides is 1. The van der Waals surface area contributed by atoms with Crippen LogP contribution in [0.3, 0.4) is 0 Å². The lowest BCUT2D eigenvalue weighted by Gasteiger charge is -2.02. The van der Waals surface area contributed by atoms with E-state index in [1.54, 1.807) is 0 Å². The predicted octanol–water partition coefficient (Wildman–Crippen LogP) is 0.471. The smallest absolute Gasteiger partial charge is 0.220 e. The minimum Gasteiger partial charge on any atom is -0.349 e. The van der Waals surface area contributed by atoms with Gasteiger partial charge in [-0.3, -0.25) is 4.79 Å². The molecule has 82 valence electrons. The highest BCUT2D eigenvalue weighted by Gasteiger charge is 1.98. The third kappa shape index (κ3) is 9.19. The highest BCUT2D eigenvalue weighted by atomic mass is 16.2. The van der Waals surface area contributed by atoms with Crippen molar-refractivity contribution < 1.29 is 9.59 Å². The molecule has 4 nitrogen and oxygen atoms in total. The van der Waals surface area contributed by atoms with E-state index in [9.17, 15) is 9.59 Å². The summed E-state index contributed by atoms with van der Waals surface area (Å²) in [6.45, 7) is 4.23. The molecule has 0 saturated carbocycles. The van der Waals surface area contributed by atoms with E-state index in [1.807, 2.05) is 0 Å². The zero-order valence-electron chi connectivity index (χ0n) is 8.84. The molecule has 0 aliphatic heterocycles. The van der Waals surface area contributed by atoms with Crippen LogP contribution < -0.4 is 10.6 Å². The fraction of sp³-hybridized carbons (Fsp3) is 0.800. The Bertz CT molecular complexity index is 160. The van der Waals surface area contributed by atoms with Crippen LogP contribution in [0.25, 0.3) is 0 Å². The third-order valence-electron chi connectivity index (χ3n) is 1.89. The van der Waals surface area contributed by atoms with Gasteiger partial charge in [-0.15, -0.1) is 0 Å². The summed E-state index contributed by atoms with van der Waals surface area (Å²) in [6, 6.07) is 0. The highest BCUT2D eigenvalue weighted by Crippen LogP contribution is 1.98. The van der Waals surface area contributed by atoms with Crippen LogP contribution in [-0.2, 0) is 9.59 Å². The van der Waals surface area contributed by atoms with Crippen LogP contribution in [-0.4, -0.2) is 31.8 Å². The standard InChI is InChI=1S/C10H20N2O2/c1-2-11-7-5-3-4-6-10(14)12-8-9-13/h9,11H,2-8H2,1H3,(H,12,14). The number of carbonyl (C=O) groups is 2. The first kappa shape index (κ1) is 13.1. The lowest BCUT2D eigenvalue weighted by molar-refractivity contribution is -0.122. The van der Waals surface area contributed by atoms with Gasteiger partial charge in [-0.25, -0.2) is 0 Å². The lowest BCUT2D eigenvalue weighted by atomic mass is 10.2. The molecule has 1 amide bonds. The first-order valence-corrected chi connectivity index (χ1v) is 5.22. The summed E-state index contributed by atoms with van der Waals surface area (Å²) in [4.78, 5) is 20.9. The maximum Gasteiger partial charge on any atom is 0.220 e. The molecule has 0 aliphatic carbocycles. The van der Waals surface area contributed by atoms with Crippen LogP contribution in [0, 0.1) is 0 Å². The Labute approximate surface area is 85.4 Å². The van der Waals surface area contributed by atoms with Gasteiger partial charge in [0.15, 0.2) is 0 Å². The Kier molecular flexibility index (Phi) is 9.53. The maximum atomic E-state index is 11.0. The van der Waals surface area contributed by atoms with E-state index in [4.69, 9.17) is 0 Å². The quantitative estimate of drug-likeness (QED) is 0.420. The largest absolute Gasteiger partial charge is 0.349 e. The molecule has 0 aromatic heterocycles. The van der Waals surface area contributed by atoms with Crippen molar-refractivity contribution in [2.45, 2.75) is 32.6 Å². The average molecular weight is 200 g/mol. The summed E-state index contributed by atoms with van der Waals surface area (Å²) in [7, 11) is 0. The fourth-order valence-corrected chi connectivity index (χ4v) is 1.13. The van der Waals surface area contributed by atoms with Crippen molar-refractivity contribution in [2.24, 2.45) is 0 Å². The summed E-state index contributed by atoms with van der Waals surface area (Å²) in [5.74, 6) is -0.0273. The molecule has 14 heavy (non-hydrogen) atoms. The average Bonchev–Trinajstić information content (AvgIpc) is 2.20. The van der Waals surface area contributed by atoms with E-state index < -0.39 is 0 Å². The molecule has 2 N–H and O–H groups in total. The number of hydrogen-bond acceptors (Lipinski definition) is 3. The van der Waals surface area contributed by atoms with E-state index in [0.29, 0.717) is 12.7 Å². The van der Waals surface area contributed by atoms with Gasteiger partial charge in [-0.1, -0.05) is 13.3 Å². The van der Waals surface area contributed by atoms with Gasteiger partial charge < -0.3 is 15.4 Å². The van der Waals surface area contributed by atoms with Crippen molar-refractivity contribution in [2.75, 3.05) is 19.6 Å². The summed E-state index contributed by atoms with van der Waals surface area (Å²) in [6.07, 6.45) is 4.29. The molecule has 0 saturated heterocycles. The Morgan fingerprint density at radius 3 is 2.71 bits per heavy atom. The Balaban J connectivity index is 3.10. The summed E-state index contributed by atoms with van der Waals surface area (Å²) in [5, 5.41) is 5.74. The topological polar surface area (TPSA) is 58.2 Å². The minimum atomic E-state index is -0.0273. The zero-order valence-corrected chi connectivity index (χ0v) is 8.84. The fourth-order valence-electron chi connectivity index (χ4n) is 1.13. The van der Waals surface area contributed by atoms with Gasteiger partial charge in [-0.05, 0) is 25.9 Å². The van der Waals surface area contributed by atoms with Crippen LogP contribution in [0.4, 0.5) is 0 Å². The second-order valence-electron chi connectivity index (χ2n) is 3.13. The minimum absolute atomic E-state index is 0.0273. The van der Waals surface area contributed by atoms with Crippen molar-refractivity contribution in [1.29, 1.82) is 0 Å². The molecular weight excluding hydrogens is 180 g/mol. The highest BCUT2D eigenvalue weighted by molar-refractivity contribution is 5.78. The van der Waals surface area contributed by atoms with E-state index >= 15 is 0 Å². The summed E-state index contributed by atoms with van der Waals surface area (Å²) < 4.78 is 0. The molecule has 0 aromatic carbocycles. The van der Waals surface area contributed by atoms with Gasteiger partial charge in [-0.2, -0.15) is 0 Å². The summed E-state index contributed by atoms with van der Waals surface area (Å²) in [5.41, 5.74) is 0. The Hall–Kier alpha value is -0.900. The zero-order chi connectivity index (χ0) is 10.6. The van der Waals surface area contributed by atoms with Gasteiger partial charge in [0, 0.05) is 6.42 Å². The van der Waals surface area contributed by atoms with E-state index in [-0.39, 0.29) is 12.5 Å². The van der Waals surface area contributed by atoms with Crippen LogP contribution >= 0.6 is 0 Å². The molecule has 0 fully saturated rings. The number of nitrogens with one attached hydrogen (secondary N) is 2. The number of carbonyl (C=O) groups excluding carboxylic acids is 2. The number of rotatable bonds is 9. The Morgan fingerprint density at radius 2 is 2.07 bits per heavy atom. The van der Waals surface area contributed by atoms with Gasteiger partial charge in [0.1, 0.15) is 6.29 Å². The number of hydrogen-bond donors (Lipinski definition) is 2. The molecule has 0 radical (unpaired) electrons. The van der Waals surface area contributed by atoms with Gasteiger partial charge in [0.05, 0.1) is 6.54 Å². The van der Waals surface area contributed by atoms with Crippen LogP contribution in [0.5, 0.6) is 0 Å². The van der Waals surface area contributed by atoms with Crippen LogP contribution in [0.1, 0.15) is 32.6 Å². The van der Waals surface area contributed by atoms with Gasteiger partial charge in [0.2, 0.25) is 5.91 Å². The maximum absolute atomic E-state index is 11.0. The normalized spacial score (nSPS) is 9.79. The van der Waals surface area contributed by atoms with E-state index in [0.717, 1.165) is 32.4 Å². The molecule has 0 spiro atoms. The predicted molar refractivity (Wildman–Crippen MR) is 56.1 cm³/mol. The van der Waals surface area contributed by atoms with Gasteiger partial charge >= 0.3 is 0 Å². The van der Waals surface area contributed by atoms with Gasteiger partial charge in [0.25, 0.3) is 0 Å². The first-order chi connectivity index (χ1) is 6.81. The van der Waals surface area contributed by atoms with Crippen molar-refractivity contribution in [1.82, 2.24) is 10.6 Å². The van der Waals surface area contributed by atoms with Crippen molar-refractivity contribution >= 4 is 12.2 Å². The molecule has 0 aromatic rings. The second-order valence-corrected chi connectivity index (χ2v) is 3.13. The molecule has 4 heteroatoms. The monoisotopic (exact) mass is 200 g/mol. The van der Waals surface area contributed by atoms with Crippen molar-refractivity contribution in [3.8, 4) is 0 Å². The molecule has 0 rings (SSSR count). The number of unbranched alkanes of at least 4 members (excludes halogenated alkanes) is 2.